The highest BCUT2D eigenvalue weighted by Gasteiger charge is 2.28. The normalized spacial score (nSPS) is 36.7. The lowest BCUT2D eigenvalue weighted by molar-refractivity contribution is -0.0650. The van der Waals surface area contributed by atoms with Crippen molar-refractivity contribution in [3.05, 3.63) is 0 Å². The van der Waals surface area contributed by atoms with Crippen molar-refractivity contribution >= 4 is 0 Å². The maximum atomic E-state index is 8.97. The summed E-state index contributed by atoms with van der Waals surface area (Å²) in [6.07, 6.45) is 1.13. The van der Waals surface area contributed by atoms with Gasteiger partial charge in [0.2, 0.25) is 0 Å². The molecule has 2 heterocycles. The third-order valence-electron chi connectivity index (χ3n) is 2.80. The van der Waals surface area contributed by atoms with Gasteiger partial charge in [-0.05, 0) is 6.42 Å². The predicted molar refractivity (Wildman–Crippen MR) is 47.6 cm³/mol. The molecule has 4 heteroatoms. The minimum absolute atomic E-state index is 0.00866. The average Bonchev–Trinajstić information content (AvgIpc) is 2.71. The molecular formula is C9H17NO3. The summed E-state index contributed by atoms with van der Waals surface area (Å²) in [6, 6.07) is 0.554. The van der Waals surface area contributed by atoms with E-state index in [9.17, 15) is 0 Å². The van der Waals surface area contributed by atoms with Crippen LogP contribution in [0.4, 0.5) is 0 Å². The zero-order valence-corrected chi connectivity index (χ0v) is 7.82. The van der Waals surface area contributed by atoms with Crippen molar-refractivity contribution in [2.24, 2.45) is 0 Å². The van der Waals surface area contributed by atoms with Crippen molar-refractivity contribution < 1.29 is 14.6 Å². The summed E-state index contributed by atoms with van der Waals surface area (Å²) in [5.41, 5.74) is 0. The van der Waals surface area contributed by atoms with Crippen molar-refractivity contribution in [1.82, 2.24) is 4.90 Å². The molecule has 0 amide bonds. The predicted octanol–water partition coefficient (Wildman–Crippen LogP) is -0.532. The first-order valence-electron chi connectivity index (χ1n) is 4.94. The monoisotopic (exact) mass is 187 g/mol. The van der Waals surface area contributed by atoms with Gasteiger partial charge in [-0.3, -0.25) is 4.90 Å². The van der Waals surface area contributed by atoms with Gasteiger partial charge in [-0.15, -0.1) is 0 Å². The number of aliphatic hydroxyl groups excluding tert-OH is 1. The van der Waals surface area contributed by atoms with Crippen LogP contribution in [-0.4, -0.2) is 61.7 Å². The van der Waals surface area contributed by atoms with Gasteiger partial charge in [0.1, 0.15) is 0 Å². The van der Waals surface area contributed by atoms with E-state index < -0.39 is 0 Å². The van der Waals surface area contributed by atoms with E-state index in [2.05, 4.69) is 4.90 Å². The molecule has 0 bridgehead atoms. The molecule has 2 aliphatic rings. The van der Waals surface area contributed by atoms with Crippen LogP contribution in [0.2, 0.25) is 0 Å². The molecule has 13 heavy (non-hydrogen) atoms. The molecule has 2 saturated heterocycles. The minimum Gasteiger partial charge on any atom is -0.394 e. The first kappa shape index (κ1) is 9.40. The molecule has 76 valence electrons. The van der Waals surface area contributed by atoms with E-state index in [0.29, 0.717) is 6.04 Å². The third-order valence-corrected chi connectivity index (χ3v) is 2.80. The molecule has 2 fully saturated rings. The molecule has 2 unspecified atom stereocenters. The lowest BCUT2D eigenvalue weighted by Gasteiger charge is -2.35. The fourth-order valence-electron chi connectivity index (χ4n) is 1.99. The van der Waals surface area contributed by atoms with Gasteiger partial charge in [-0.25, -0.2) is 0 Å². The number of aliphatic hydroxyl groups is 1. The van der Waals surface area contributed by atoms with E-state index in [1.807, 2.05) is 0 Å². The van der Waals surface area contributed by atoms with Crippen molar-refractivity contribution in [3.8, 4) is 0 Å². The first-order valence-corrected chi connectivity index (χ1v) is 4.94. The van der Waals surface area contributed by atoms with Crippen molar-refractivity contribution in [3.63, 3.8) is 0 Å². The Morgan fingerprint density at radius 3 is 3.00 bits per heavy atom. The van der Waals surface area contributed by atoms with Crippen LogP contribution in [0.15, 0.2) is 0 Å². The van der Waals surface area contributed by atoms with Gasteiger partial charge in [0.25, 0.3) is 0 Å². The fourth-order valence-corrected chi connectivity index (χ4v) is 1.99. The van der Waals surface area contributed by atoms with Crippen LogP contribution in [0.1, 0.15) is 6.42 Å². The summed E-state index contributed by atoms with van der Waals surface area (Å²) in [4.78, 5) is 2.37. The molecule has 2 rings (SSSR count). The van der Waals surface area contributed by atoms with Gasteiger partial charge in [0, 0.05) is 25.7 Å². The van der Waals surface area contributed by atoms with Crippen LogP contribution in [0.3, 0.4) is 0 Å². The van der Waals surface area contributed by atoms with E-state index in [4.69, 9.17) is 14.6 Å². The lowest BCUT2D eigenvalue weighted by Crippen LogP contribution is -2.49. The smallest absolute Gasteiger partial charge is 0.0933 e. The van der Waals surface area contributed by atoms with Gasteiger partial charge in [-0.2, -0.15) is 0 Å². The number of hydrogen-bond donors (Lipinski definition) is 1. The van der Waals surface area contributed by atoms with Crippen LogP contribution >= 0.6 is 0 Å². The topological polar surface area (TPSA) is 41.9 Å². The number of rotatable bonds is 2. The van der Waals surface area contributed by atoms with Crippen molar-refractivity contribution in [2.45, 2.75) is 18.6 Å². The number of hydrogen-bond acceptors (Lipinski definition) is 4. The number of ether oxygens (including phenoxy) is 2. The minimum atomic E-state index is 0.00866. The largest absolute Gasteiger partial charge is 0.394 e. The van der Waals surface area contributed by atoms with E-state index in [0.717, 1.165) is 39.3 Å². The lowest BCUT2D eigenvalue weighted by atomic mass is 10.2. The Hall–Kier alpha value is -0.160. The van der Waals surface area contributed by atoms with Gasteiger partial charge in [0.15, 0.2) is 0 Å². The molecule has 0 radical (unpaired) electrons. The van der Waals surface area contributed by atoms with E-state index in [1.54, 1.807) is 0 Å². The standard InChI is InChI=1S/C9H17NO3/c11-6-9-5-10(2-4-13-9)8-1-3-12-7-8/h8-9,11H,1-7H2. The van der Waals surface area contributed by atoms with Crippen molar-refractivity contribution in [1.29, 1.82) is 0 Å². The van der Waals surface area contributed by atoms with E-state index in [-0.39, 0.29) is 12.7 Å². The molecule has 0 aliphatic carbocycles. The van der Waals surface area contributed by atoms with Crippen LogP contribution in [0, 0.1) is 0 Å². The van der Waals surface area contributed by atoms with Gasteiger partial charge < -0.3 is 14.6 Å². The Labute approximate surface area is 78.4 Å². The summed E-state index contributed by atoms with van der Waals surface area (Å²) < 4.78 is 10.7. The second kappa shape index (κ2) is 4.37. The summed E-state index contributed by atoms with van der Waals surface area (Å²) in [7, 11) is 0. The highest BCUT2D eigenvalue weighted by molar-refractivity contribution is 4.80. The Balaban J connectivity index is 1.84. The first-order chi connectivity index (χ1) is 6.40. The molecule has 0 aromatic heterocycles. The zero-order chi connectivity index (χ0) is 9.10. The molecule has 2 aliphatic heterocycles. The summed E-state index contributed by atoms with van der Waals surface area (Å²) in [6.45, 7) is 4.42. The second-order valence-corrected chi connectivity index (χ2v) is 3.69. The molecule has 4 nitrogen and oxygen atoms in total. The van der Waals surface area contributed by atoms with Crippen LogP contribution in [-0.2, 0) is 9.47 Å². The summed E-state index contributed by atoms with van der Waals surface area (Å²) in [5.74, 6) is 0. The molecule has 0 saturated carbocycles. The molecular weight excluding hydrogens is 170 g/mol. The van der Waals surface area contributed by atoms with E-state index in [1.165, 1.54) is 0 Å². The van der Waals surface area contributed by atoms with Crippen LogP contribution in [0.5, 0.6) is 0 Å². The van der Waals surface area contributed by atoms with Crippen molar-refractivity contribution in [2.75, 3.05) is 39.5 Å². The Bertz CT molecular complexity index is 159. The Kier molecular flexibility index (Phi) is 3.16. The molecule has 0 aromatic rings. The maximum absolute atomic E-state index is 8.97. The van der Waals surface area contributed by atoms with E-state index >= 15 is 0 Å². The molecule has 0 aromatic carbocycles. The zero-order valence-electron chi connectivity index (χ0n) is 7.82. The average molecular weight is 187 g/mol. The summed E-state index contributed by atoms with van der Waals surface area (Å²) >= 11 is 0. The quantitative estimate of drug-likeness (QED) is 0.631. The SMILES string of the molecule is OCC1CN(C2CCOC2)CCO1. The van der Waals surface area contributed by atoms with Gasteiger partial charge in [0.05, 0.1) is 25.9 Å². The highest BCUT2D eigenvalue weighted by atomic mass is 16.5. The van der Waals surface area contributed by atoms with Crippen LogP contribution in [0.25, 0.3) is 0 Å². The highest BCUT2D eigenvalue weighted by Crippen LogP contribution is 2.15. The third kappa shape index (κ3) is 2.20. The number of morpholine rings is 1. The summed E-state index contributed by atoms with van der Waals surface area (Å²) in [5, 5.41) is 8.97. The molecule has 1 N–H and O–H groups in total. The van der Waals surface area contributed by atoms with Gasteiger partial charge >= 0.3 is 0 Å². The Morgan fingerprint density at radius 2 is 2.31 bits per heavy atom. The van der Waals surface area contributed by atoms with Gasteiger partial charge in [-0.1, -0.05) is 0 Å². The second-order valence-electron chi connectivity index (χ2n) is 3.69. The molecule has 0 spiro atoms. The number of nitrogens with zero attached hydrogens (tertiary/aromatic N) is 1. The Morgan fingerprint density at radius 1 is 1.38 bits per heavy atom. The maximum Gasteiger partial charge on any atom is 0.0933 e. The fraction of sp³-hybridized carbons (Fsp3) is 1.00. The van der Waals surface area contributed by atoms with Crippen LogP contribution < -0.4 is 0 Å². The molecule has 2 atom stereocenters.